The van der Waals surface area contributed by atoms with Crippen LogP contribution in [-0.2, 0) is 0 Å². The molecule has 1 heterocycles. The van der Waals surface area contributed by atoms with E-state index in [2.05, 4.69) is 29.1 Å². The van der Waals surface area contributed by atoms with Gasteiger partial charge in [-0.25, -0.2) is 9.97 Å². The maximum Gasteiger partial charge on any atom is 0.353 e. The molecule has 0 bridgehead atoms. The van der Waals surface area contributed by atoms with Crippen LogP contribution in [0.3, 0.4) is 0 Å². The molecule has 0 aliphatic rings. The van der Waals surface area contributed by atoms with E-state index in [4.69, 9.17) is 0 Å². The first-order valence-corrected chi connectivity index (χ1v) is 6.36. The van der Waals surface area contributed by atoms with Crippen LogP contribution in [0.5, 0.6) is 0 Å². The van der Waals surface area contributed by atoms with Gasteiger partial charge in [0.2, 0.25) is 11.6 Å². The zero-order valence-electron chi connectivity index (χ0n) is 12.0. The third kappa shape index (κ3) is 3.30. The van der Waals surface area contributed by atoms with E-state index in [0.29, 0.717) is 18.3 Å². The Kier molecular flexibility index (Phi) is 5.02. The van der Waals surface area contributed by atoms with Crippen molar-refractivity contribution >= 4 is 17.3 Å². The average molecular weight is 267 g/mol. The summed E-state index contributed by atoms with van der Waals surface area (Å²) < 4.78 is 0. The second-order valence-electron chi connectivity index (χ2n) is 4.78. The van der Waals surface area contributed by atoms with Gasteiger partial charge in [0.1, 0.15) is 6.33 Å². The van der Waals surface area contributed by atoms with Crippen LogP contribution in [0.15, 0.2) is 6.33 Å². The van der Waals surface area contributed by atoms with E-state index in [1.165, 1.54) is 6.33 Å². The molecule has 1 unspecified atom stereocenters. The molecular formula is C12H21N5O2. The van der Waals surface area contributed by atoms with E-state index >= 15 is 0 Å². The van der Waals surface area contributed by atoms with Gasteiger partial charge in [0.15, 0.2) is 0 Å². The molecule has 1 aromatic heterocycles. The maximum atomic E-state index is 11.3. The zero-order chi connectivity index (χ0) is 14.6. The van der Waals surface area contributed by atoms with Crippen molar-refractivity contribution in [3.63, 3.8) is 0 Å². The number of nitrogens with one attached hydrogen (secondary N) is 1. The molecule has 0 aliphatic heterocycles. The van der Waals surface area contributed by atoms with Gasteiger partial charge in [-0.15, -0.1) is 0 Å². The van der Waals surface area contributed by atoms with Gasteiger partial charge < -0.3 is 10.2 Å². The molecule has 1 N–H and O–H groups in total. The van der Waals surface area contributed by atoms with Crippen molar-refractivity contribution in [3.05, 3.63) is 16.4 Å². The molecule has 0 saturated heterocycles. The van der Waals surface area contributed by atoms with Gasteiger partial charge in [-0.05, 0) is 19.8 Å². The average Bonchev–Trinajstić information content (AvgIpc) is 2.36. The number of hydrogen-bond acceptors (Lipinski definition) is 6. The molecule has 1 aromatic rings. The minimum Gasteiger partial charge on any atom is -0.364 e. The van der Waals surface area contributed by atoms with Crippen LogP contribution in [0.25, 0.3) is 0 Å². The van der Waals surface area contributed by atoms with Gasteiger partial charge in [0.05, 0.1) is 4.92 Å². The largest absolute Gasteiger partial charge is 0.364 e. The molecule has 7 nitrogen and oxygen atoms in total. The minimum absolute atomic E-state index is 0.0700. The summed E-state index contributed by atoms with van der Waals surface area (Å²) in [4.78, 5) is 20.7. The van der Waals surface area contributed by atoms with Gasteiger partial charge >= 0.3 is 5.69 Å². The summed E-state index contributed by atoms with van der Waals surface area (Å²) in [5, 5.41) is 14.2. The van der Waals surface area contributed by atoms with Crippen LogP contribution >= 0.6 is 0 Å². The Morgan fingerprint density at radius 2 is 2.05 bits per heavy atom. The van der Waals surface area contributed by atoms with Crippen LogP contribution in [-0.4, -0.2) is 34.5 Å². The van der Waals surface area contributed by atoms with E-state index in [1.54, 1.807) is 0 Å². The highest BCUT2D eigenvalue weighted by Gasteiger charge is 2.28. The van der Waals surface area contributed by atoms with Gasteiger partial charge in [-0.2, -0.15) is 0 Å². The molecule has 7 heteroatoms. The summed E-state index contributed by atoms with van der Waals surface area (Å²) in [6.07, 6.45) is 1.35. The Bertz CT molecular complexity index is 450. The van der Waals surface area contributed by atoms with Crippen LogP contribution in [0, 0.1) is 16.0 Å². The Morgan fingerprint density at radius 3 is 2.53 bits per heavy atom. The van der Waals surface area contributed by atoms with E-state index in [1.807, 2.05) is 25.8 Å². The first kappa shape index (κ1) is 15.1. The molecule has 106 valence electrons. The smallest absolute Gasteiger partial charge is 0.353 e. The normalized spacial score (nSPS) is 12.3. The maximum absolute atomic E-state index is 11.3. The third-order valence-corrected chi connectivity index (χ3v) is 3.24. The number of anilines is 2. The standard InChI is InChI=1S/C12H21N5O2/c1-6-13-11-10(17(18)19)12(15-7-14-11)16(5)9(4)8(2)3/h7-9H,6H2,1-5H3,(H,13,14,15). The second kappa shape index (κ2) is 6.31. The quantitative estimate of drug-likeness (QED) is 0.629. The van der Waals surface area contributed by atoms with Gasteiger partial charge in [0, 0.05) is 19.6 Å². The summed E-state index contributed by atoms with van der Waals surface area (Å²) in [7, 11) is 1.82. The zero-order valence-corrected chi connectivity index (χ0v) is 12.0. The Labute approximate surface area is 113 Å². The number of nitrogens with zero attached hydrogens (tertiary/aromatic N) is 4. The lowest BCUT2D eigenvalue weighted by Gasteiger charge is -2.28. The van der Waals surface area contributed by atoms with Crippen molar-refractivity contribution in [2.24, 2.45) is 5.92 Å². The van der Waals surface area contributed by atoms with Crippen LogP contribution < -0.4 is 10.2 Å². The van der Waals surface area contributed by atoms with Crippen molar-refractivity contribution in [2.45, 2.75) is 33.7 Å². The highest BCUT2D eigenvalue weighted by Crippen LogP contribution is 2.32. The molecule has 0 saturated carbocycles. The molecule has 19 heavy (non-hydrogen) atoms. The summed E-state index contributed by atoms with van der Waals surface area (Å²) >= 11 is 0. The fraction of sp³-hybridized carbons (Fsp3) is 0.667. The molecule has 0 radical (unpaired) electrons. The van der Waals surface area contributed by atoms with Gasteiger partial charge in [-0.3, -0.25) is 10.1 Å². The van der Waals surface area contributed by atoms with Gasteiger partial charge in [0.25, 0.3) is 0 Å². The van der Waals surface area contributed by atoms with Crippen LogP contribution in [0.4, 0.5) is 17.3 Å². The monoisotopic (exact) mass is 267 g/mol. The lowest BCUT2D eigenvalue weighted by Crippen LogP contribution is -2.34. The van der Waals surface area contributed by atoms with Crippen molar-refractivity contribution in [1.82, 2.24) is 9.97 Å². The lowest BCUT2D eigenvalue weighted by atomic mass is 10.1. The third-order valence-electron chi connectivity index (χ3n) is 3.24. The van der Waals surface area contributed by atoms with Crippen molar-refractivity contribution in [3.8, 4) is 0 Å². The van der Waals surface area contributed by atoms with Crippen molar-refractivity contribution in [1.29, 1.82) is 0 Å². The number of nitro groups is 1. The summed E-state index contributed by atoms with van der Waals surface area (Å²) in [5.41, 5.74) is -0.0700. The molecule has 0 fully saturated rings. The Hall–Kier alpha value is -1.92. The Morgan fingerprint density at radius 1 is 1.42 bits per heavy atom. The molecule has 0 aliphatic carbocycles. The molecule has 1 rings (SSSR count). The van der Waals surface area contributed by atoms with Crippen molar-refractivity contribution in [2.75, 3.05) is 23.8 Å². The van der Waals surface area contributed by atoms with E-state index in [-0.39, 0.29) is 17.5 Å². The molecular weight excluding hydrogens is 246 g/mol. The highest BCUT2D eigenvalue weighted by atomic mass is 16.6. The first-order chi connectivity index (χ1) is 8.90. The molecule has 0 amide bonds. The number of rotatable bonds is 6. The van der Waals surface area contributed by atoms with Crippen LogP contribution in [0.2, 0.25) is 0 Å². The number of aromatic nitrogens is 2. The second-order valence-corrected chi connectivity index (χ2v) is 4.78. The molecule has 0 aromatic carbocycles. The number of hydrogen-bond donors (Lipinski definition) is 1. The first-order valence-electron chi connectivity index (χ1n) is 6.36. The van der Waals surface area contributed by atoms with E-state index in [0.717, 1.165) is 0 Å². The molecule has 0 spiro atoms. The predicted octanol–water partition coefficient (Wildman–Crippen LogP) is 2.30. The summed E-state index contributed by atoms with van der Waals surface area (Å²) in [5.74, 6) is 0.972. The molecule has 1 atom stereocenters. The topological polar surface area (TPSA) is 84.2 Å². The van der Waals surface area contributed by atoms with Crippen LogP contribution in [0.1, 0.15) is 27.7 Å². The van der Waals surface area contributed by atoms with E-state index < -0.39 is 4.92 Å². The summed E-state index contributed by atoms with van der Waals surface area (Å²) in [6.45, 7) is 8.59. The predicted molar refractivity (Wildman–Crippen MR) is 75.6 cm³/mol. The highest BCUT2D eigenvalue weighted by molar-refractivity contribution is 5.70. The fourth-order valence-electron chi connectivity index (χ4n) is 1.73. The Balaban J connectivity index is 3.26. The van der Waals surface area contributed by atoms with E-state index in [9.17, 15) is 10.1 Å². The van der Waals surface area contributed by atoms with Gasteiger partial charge in [-0.1, -0.05) is 13.8 Å². The summed E-state index contributed by atoms with van der Waals surface area (Å²) in [6, 6.07) is 0.142. The lowest BCUT2D eigenvalue weighted by molar-refractivity contribution is -0.383. The fourth-order valence-corrected chi connectivity index (χ4v) is 1.73. The SMILES string of the molecule is CCNc1ncnc(N(C)C(C)C(C)C)c1[N+](=O)[O-]. The minimum atomic E-state index is -0.434. The van der Waals surface area contributed by atoms with Crippen molar-refractivity contribution < 1.29 is 4.92 Å².